The fraction of sp³-hybridized carbons (Fsp3) is 0.130. The maximum Gasteiger partial charge on any atom is 0.291 e. The summed E-state index contributed by atoms with van der Waals surface area (Å²) in [7, 11) is 3.03. The van der Waals surface area contributed by atoms with E-state index in [1.54, 1.807) is 55.5 Å². The van der Waals surface area contributed by atoms with Gasteiger partial charge in [0.1, 0.15) is 17.1 Å². The third kappa shape index (κ3) is 3.41. The number of anilines is 1. The SMILES string of the molecule is COc1ccc(OC)c(C(=O)c2oc3ccc(NC(=O)c4ccco4)cc3c2C)c1. The highest BCUT2D eigenvalue weighted by atomic mass is 16.5. The Bertz CT molecular complexity index is 1240. The molecule has 1 amide bonds. The van der Waals surface area contributed by atoms with Gasteiger partial charge in [0.15, 0.2) is 11.5 Å². The molecule has 0 fully saturated rings. The van der Waals surface area contributed by atoms with Crippen molar-refractivity contribution in [3.63, 3.8) is 0 Å². The third-order valence-corrected chi connectivity index (χ3v) is 4.80. The van der Waals surface area contributed by atoms with Crippen LogP contribution in [0.25, 0.3) is 11.0 Å². The van der Waals surface area contributed by atoms with Crippen molar-refractivity contribution < 1.29 is 27.9 Å². The zero-order valence-electron chi connectivity index (χ0n) is 16.6. The van der Waals surface area contributed by atoms with Gasteiger partial charge in [0, 0.05) is 16.6 Å². The smallest absolute Gasteiger partial charge is 0.291 e. The fourth-order valence-electron chi connectivity index (χ4n) is 3.23. The Morgan fingerprint density at radius 2 is 1.83 bits per heavy atom. The molecule has 30 heavy (non-hydrogen) atoms. The van der Waals surface area contributed by atoms with Crippen molar-refractivity contribution >= 4 is 28.3 Å². The first-order valence-corrected chi connectivity index (χ1v) is 9.16. The number of fused-ring (bicyclic) bond motifs is 1. The van der Waals surface area contributed by atoms with E-state index in [0.29, 0.717) is 33.9 Å². The van der Waals surface area contributed by atoms with E-state index in [2.05, 4.69) is 5.32 Å². The molecule has 0 bridgehead atoms. The summed E-state index contributed by atoms with van der Waals surface area (Å²) < 4.78 is 21.5. The fourth-order valence-corrected chi connectivity index (χ4v) is 3.23. The molecule has 0 spiro atoms. The van der Waals surface area contributed by atoms with Crippen LogP contribution in [0.15, 0.2) is 63.6 Å². The van der Waals surface area contributed by atoms with Crippen molar-refractivity contribution in [2.24, 2.45) is 0 Å². The molecule has 0 atom stereocenters. The lowest BCUT2D eigenvalue weighted by molar-refractivity contribution is 0.0993. The van der Waals surface area contributed by atoms with Crippen molar-refractivity contribution in [3.8, 4) is 11.5 Å². The quantitative estimate of drug-likeness (QED) is 0.462. The number of hydrogen-bond donors (Lipinski definition) is 1. The molecule has 152 valence electrons. The number of furan rings is 2. The zero-order chi connectivity index (χ0) is 21.3. The van der Waals surface area contributed by atoms with Gasteiger partial charge in [-0.25, -0.2) is 0 Å². The molecule has 1 N–H and O–H groups in total. The second-order valence-corrected chi connectivity index (χ2v) is 6.59. The maximum absolute atomic E-state index is 13.2. The van der Waals surface area contributed by atoms with E-state index in [-0.39, 0.29) is 23.2 Å². The first-order chi connectivity index (χ1) is 14.5. The number of hydrogen-bond acceptors (Lipinski definition) is 6. The summed E-state index contributed by atoms with van der Waals surface area (Å²) in [4.78, 5) is 25.4. The lowest BCUT2D eigenvalue weighted by atomic mass is 10.0. The van der Waals surface area contributed by atoms with Crippen molar-refractivity contribution in [1.29, 1.82) is 0 Å². The minimum Gasteiger partial charge on any atom is -0.497 e. The van der Waals surface area contributed by atoms with Gasteiger partial charge in [-0.05, 0) is 55.5 Å². The molecule has 4 aromatic rings. The Hall–Kier alpha value is -4.00. The molecular formula is C23H19NO6. The standard InChI is InChI=1S/C23H19NO6/c1-13-16-11-14(24-23(26)20-5-4-10-29-20)6-8-19(16)30-22(13)21(25)17-12-15(27-2)7-9-18(17)28-3/h4-12H,1-3H3,(H,24,26). The summed E-state index contributed by atoms with van der Waals surface area (Å²) in [6.07, 6.45) is 1.43. The van der Waals surface area contributed by atoms with Gasteiger partial charge < -0.3 is 23.6 Å². The van der Waals surface area contributed by atoms with Crippen molar-refractivity contribution in [2.75, 3.05) is 19.5 Å². The Balaban J connectivity index is 1.70. The summed E-state index contributed by atoms with van der Waals surface area (Å²) in [6, 6.07) is 13.4. The van der Waals surface area contributed by atoms with Crippen LogP contribution >= 0.6 is 0 Å². The average Bonchev–Trinajstić information content (AvgIpc) is 3.41. The lowest BCUT2D eigenvalue weighted by Gasteiger charge is -2.08. The Morgan fingerprint density at radius 3 is 2.53 bits per heavy atom. The molecule has 7 heteroatoms. The van der Waals surface area contributed by atoms with Gasteiger partial charge >= 0.3 is 0 Å². The number of amides is 1. The highest BCUT2D eigenvalue weighted by Crippen LogP contribution is 2.32. The number of benzene rings is 2. The number of carbonyl (C=O) groups is 2. The molecule has 0 saturated carbocycles. The number of ether oxygens (including phenoxy) is 2. The molecule has 0 saturated heterocycles. The molecule has 2 heterocycles. The summed E-state index contributed by atoms with van der Waals surface area (Å²) in [6.45, 7) is 1.80. The zero-order valence-corrected chi connectivity index (χ0v) is 16.6. The highest BCUT2D eigenvalue weighted by Gasteiger charge is 2.23. The number of carbonyl (C=O) groups excluding carboxylic acids is 2. The molecule has 0 unspecified atom stereocenters. The van der Waals surface area contributed by atoms with Crippen molar-refractivity contribution in [3.05, 3.63) is 77.4 Å². The molecule has 2 aromatic heterocycles. The molecule has 0 aliphatic heterocycles. The normalized spacial score (nSPS) is 10.8. The van der Waals surface area contributed by atoms with Crippen molar-refractivity contribution in [1.82, 2.24) is 0 Å². The van der Waals surface area contributed by atoms with E-state index in [1.165, 1.54) is 20.5 Å². The van der Waals surface area contributed by atoms with E-state index in [4.69, 9.17) is 18.3 Å². The van der Waals surface area contributed by atoms with E-state index in [1.807, 2.05) is 0 Å². The van der Waals surface area contributed by atoms with E-state index < -0.39 is 0 Å². The molecule has 4 rings (SSSR count). The lowest BCUT2D eigenvalue weighted by Crippen LogP contribution is -2.10. The number of methoxy groups -OCH3 is 2. The van der Waals surface area contributed by atoms with Crippen LogP contribution in [0.4, 0.5) is 5.69 Å². The molecule has 7 nitrogen and oxygen atoms in total. The minimum absolute atomic E-state index is 0.200. The molecule has 0 radical (unpaired) electrons. The molecular weight excluding hydrogens is 386 g/mol. The van der Waals surface area contributed by atoms with E-state index in [9.17, 15) is 9.59 Å². The molecule has 0 aliphatic carbocycles. The van der Waals surface area contributed by atoms with Crippen LogP contribution in [0.1, 0.15) is 32.2 Å². The Labute approximate surface area is 172 Å². The summed E-state index contributed by atoms with van der Waals surface area (Å²) in [5.74, 6) is 0.687. The van der Waals surface area contributed by atoms with Gasteiger partial charge in [-0.1, -0.05) is 0 Å². The first-order valence-electron chi connectivity index (χ1n) is 9.16. The van der Waals surface area contributed by atoms with Crippen LogP contribution in [0.3, 0.4) is 0 Å². The largest absolute Gasteiger partial charge is 0.497 e. The predicted octanol–water partition coefficient (Wildman–Crippen LogP) is 4.83. The Morgan fingerprint density at radius 1 is 1.00 bits per heavy atom. The second kappa shape index (κ2) is 7.79. The number of nitrogens with one attached hydrogen (secondary N) is 1. The highest BCUT2D eigenvalue weighted by molar-refractivity contribution is 6.12. The maximum atomic E-state index is 13.2. The van der Waals surface area contributed by atoms with Gasteiger partial charge in [0.05, 0.1) is 26.0 Å². The monoisotopic (exact) mass is 405 g/mol. The Kier molecular flexibility index (Phi) is 5.02. The van der Waals surface area contributed by atoms with Crippen LogP contribution in [0.5, 0.6) is 11.5 Å². The molecule has 0 aliphatic rings. The average molecular weight is 405 g/mol. The first kappa shape index (κ1) is 19.3. The van der Waals surface area contributed by atoms with E-state index >= 15 is 0 Å². The summed E-state index contributed by atoms with van der Waals surface area (Å²) >= 11 is 0. The minimum atomic E-state index is -0.363. The summed E-state index contributed by atoms with van der Waals surface area (Å²) in [5, 5.41) is 3.49. The number of aryl methyl sites for hydroxylation is 1. The van der Waals surface area contributed by atoms with Gasteiger partial charge in [0.25, 0.3) is 5.91 Å². The second-order valence-electron chi connectivity index (χ2n) is 6.59. The van der Waals surface area contributed by atoms with Gasteiger partial charge in [0.2, 0.25) is 5.78 Å². The van der Waals surface area contributed by atoms with Crippen LogP contribution < -0.4 is 14.8 Å². The predicted molar refractivity (Wildman–Crippen MR) is 111 cm³/mol. The number of ketones is 1. The summed E-state index contributed by atoms with van der Waals surface area (Å²) in [5.41, 5.74) is 2.10. The van der Waals surface area contributed by atoms with Gasteiger partial charge in [-0.2, -0.15) is 0 Å². The number of rotatable bonds is 6. The van der Waals surface area contributed by atoms with Crippen LogP contribution in [0, 0.1) is 6.92 Å². The van der Waals surface area contributed by atoms with Crippen molar-refractivity contribution in [2.45, 2.75) is 6.92 Å². The topological polar surface area (TPSA) is 90.9 Å². The molecule has 2 aromatic carbocycles. The van der Waals surface area contributed by atoms with Crippen LogP contribution in [-0.4, -0.2) is 25.9 Å². The van der Waals surface area contributed by atoms with E-state index in [0.717, 1.165) is 5.39 Å². The van der Waals surface area contributed by atoms with Gasteiger partial charge in [-0.3, -0.25) is 9.59 Å². The van der Waals surface area contributed by atoms with Gasteiger partial charge in [-0.15, -0.1) is 0 Å². The van der Waals surface area contributed by atoms with Crippen LogP contribution in [-0.2, 0) is 0 Å². The third-order valence-electron chi connectivity index (χ3n) is 4.80. The van der Waals surface area contributed by atoms with Crippen LogP contribution in [0.2, 0.25) is 0 Å².